The summed E-state index contributed by atoms with van der Waals surface area (Å²) in [6.45, 7) is 0. The number of benzene rings is 2. The van der Waals surface area contributed by atoms with Crippen molar-refractivity contribution in [1.82, 2.24) is 0 Å². The van der Waals surface area contributed by atoms with Gasteiger partial charge in [-0.2, -0.15) is 0 Å². The molecule has 8 heteroatoms. The molecule has 132 valence electrons. The number of hydrogen-bond acceptors (Lipinski definition) is 6. The number of carbonyl (C=O) groups is 1. The Bertz CT molecular complexity index is 1040. The summed E-state index contributed by atoms with van der Waals surface area (Å²) in [4.78, 5) is 17.1. The quantitative estimate of drug-likeness (QED) is 0.801. The Morgan fingerprint density at radius 1 is 1.08 bits per heavy atom. The molecule has 2 aromatic rings. The number of nitrogens with two attached hydrogens (primary N) is 2. The first-order chi connectivity index (χ1) is 12.4. The zero-order valence-corrected chi connectivity index (χ0v) is 14.4. The molecule has 0 aromatic heterocycles. The SMILES string of the molecule is NC(=O)c1ccccc1S(=O)(=O)c1ccc(N2C=CC=NC=C2)c(N)c1. The fourth-order valence-electron chi connectivity index (χ4n) is 2.52. The average molecular weight is 368 g/mol. The van der Waals surface area contributed by atoms with Crippen LogP contribution in [-0.4, -0.2) is 20.5 Å². The lowest BCUT2D eigenvalue weighted by molar-refractivity contribution is 0.0997. The Morgan fingerprint density at radius 2 is 1.85 bits per heavy atom. The number of nitrogen functional groups attached to an aromatic ring is 1. The second kappa shape index (κ2) is 6.85. The molecule has 0 unspecified atom stereocenters. The summed E-state index contributed by atoms with van der Waals surface area (Å²) in [7, 11) is -3.95. The number of hydrogen-bond donors (Lipinski definition) is 2. The van der Waals surface area contributed by atoms with Crippen LogP contribution in [0, 0.1) is 0 Å². The van der Waals surface area contributed by atoms with Crippen LogP contribution in [0.5, 0.6) is 0 Å². The molecule has 0 saturated heterocycles. The van der Waals surface area contributed by atoms with E-state index in [-0.39, 0.29) is 21.0 Å². The van der Waals surface area contributed by atoms with Gasteiger partial charge in [0.05, 0.1) is 26.7 Å². The van der Waals surface area contributed by atoms with E-state index in [0.29, 0.717) is 5.69 Å². The molecule has 1 aliphatic rings. The first-order valence-corrected chi connectivity index (χ1v) is 9.08. The van der Waals surface area contributed by atoms with E-state index < -0.39 is 15.7 Å². The lowest BCUT2D eigenvalue weighted by Crippen LogP contribution is -2.16. The van der Waals surface area contributed by atoms with Gasteiger partial charge in [0.25, 0.3) is 0 Å². The Hall–Kier alpha value is -3.39. The summed E-state index contributed by atoms with van der Waals surface area (Å²) in [5.41, 5.74) is 12.2. The van der Waals surface area contributed by atoms with Crippen molar-refractivity contribution >= 4 is 33.3 Å². The van der Waals surface area contributed by atoms with E-state index in [1.807, 2.05) is 0 Å². The van der Waals surface area contributed by atoms with Crippen LogP contribution in [0.1, 0.15) is 10.4 Å². The zero-order chi connectivity index (χ0) is 18.7. The molecule has 1 aliphatic heterocycles. The molecule has 3 rings (SSSR count). The van der Waals surface area contributed by atoms with E-state index in [1.54, 1.807) is 47.9 Å². The van der Waals surface area contributed by atoms with Gasteiger partial charge in [-0.1, -0.05) is 12.1 Å². The molecule has 1 heterocycles. The smallest absolute Gasteiger partial charge is 0.250 e. The fraction of sp³-hybridized carbons (Fsp3) is 0. The predicted molar refractivity (Wildman–Crippen MR) is 101 cm³/mol. The van der Waals surface area contributed by atoms with Crippen molar-refractivity contribution in [3.05, 3.63) is 72.7 Å². The molecule has 26 heavy (non-hydrogen) atoms. The second-order valence-electron chi connectivity index (χ2n) is 5.43. The maximum absolute atomic E-state index is 12.9. The third kappa shape index (κ3) is 3.22. The summed E-state index contributed by atoms with van der Waals surface area (Å²) < 4.78 is 25.9. The molecule has 7 nitrogen and oxygen atoms in total. The van der Waals surface area contributed by atoms with Crippen molar-refractivity contribution in [2.75, 3.05) is 10.6 Å². The minimum absolute atomic E-state index is 0.0218. The molecule has 0 aliphatic carbocycles. The van der Waals surface area contributed by atoms with Crippen molar-refractivity contribution in [1.29, 1.82) is 0 Å². The molecule has 4 N–H and O–H groups in total. The predicted octanol–water partition coefficient (Wildman–Crippen LogP) is 2.08. The van der Waals surface area contributed by atoms with E-state index in [1.165, 1.54) is 30.3 Å². The van der Waals surface area contributed by atoms with Crippen LogP contribution in [0.25, 0.3) is 0 Å². The molecule has 0 radical (unpaired) electrons. The molecule has 2 aromatic carbocycles. The topological polar surface area (TPSA) is 119 Å². The van der Waals surface area contributed by atoms with Crippen molar-refractivity contribution in [3.63, 3.8) is 0 Å². The highest BCUT2D eigenvalue weighted by atomic mass is 32.2. The zero-order valence-electron chi connectivity index (χ0n) is 13.6. The number of amides is 1. The van der Waals surface area contributed by atoms with E-state index in [2.05, 4.69) is 4.99 Å². The minimum atomic E-state index is -3.95. The highest BCUT2D eigenvalue weighted by molar-refractivity contribution is 7.91. The average Bonchev–Trinajstić information content (AvgIpc) is 2.91. The van der Waals surface area contributed by atoms with Gasteiger partial charge in [0.2, 0.25) is 15.7 Å². The molecule has 0 saturated carbocycles. The lowest BCUT2D eigenvalue weighted by Gasteiger charge is -2.18. The number of anilines is 2. The number of sulfone groups is 1. The number of nitrogens with zero attached hydrogens (tertiary/aromatic N) is 2. The monoisotopic (exact) mass is 368 g/mol. The van der Waals surface area contributed by atoms with Crippen LogP contribution < -0.4 is 16.4 Å². The second-order valence-corrected chi connectivity index (χ2v) is 7.35. The Morgan fingerprint density at radius 3 is 2.58 bits per heavy atom. The molecule has 1 amide bonds. The number of aliphatic imine (C=N–C) groups is 1. The van der Waals surface area contributed by atoms with Crippen LogP contribution in [0.4, 0.5) is 11.4 Å². The lowest BCUT2D eigenvalue weighted by atomic mass is 10.2. The molecule has 0 atom stereocenters. The summed E-state index contributed by atoms with van der Waals surface area (Å²) in [5.74, 6) is -0.811. The Kier molecular flexibility index (Phi) is 4.59. The maximum Gasteiger partial charge on any atom is 0.250 e. The van der Waals surface area contributed by atoms with E-state index in [9.17, 15) is 13.2 Å². The highest BCUT2D eigenvalue weighted by Crippen LogP contribution is 2.31. The first-order valence-electron chi connectivity index (χ1n) is 7.59. The van der Waals surface area contributed by atoms with Gasteiger partial charge in [0, 0.05) is 24.8 Å². The van der Waals surface area contributed by atoms with E-state index in [0.717, 1.165) is 0 Å². The van der Waals surface area contributed by atoms with Crippen LogP contribution in [-0.2, 0) is 9.84 Å². The number of carbonyl (C=O) groups excluding carboxylic acids is 1. The molecule has 0 fully saturated rings. The number of primary amides is 1. The molecule has 0 spiro atoms. The van der Waals surface area contributed by atoms with Crippen molar-refractivity contribution in [3.8, 4) is 0 Å². The van der Waals surface area contributed by atoms with Crippen LogP contribution in [0.15, 0.2) is 81.9 Å². The Balaban J connectivity index is 2.05. The van der Waals surface area contributed by atoms with Crippen LogP contribution in [0.3, 0.4) is 0 Å². The summed E-state index contributed by atoms with van der Waals surface area (Å²) in [6.07, 6.45) is 8.38. The number of rotatable bonds is 4. The van der Waals surface area contributed by atoms with Gasteiger partial charge in [0.1, 0.15) is 0 Å². The van der Waals surface area contributed by atoms with E-state index in [4.69, 9.17) is 11.5 Å². The van der Waals surface area contributed by atoms with Gasteiger partial charge in [0.15, 0.2) is 0 Å². The summed E-state index contributed by atoms with van der Waals surface area (Å²) >= 11 is 0. The number of allylic oxidation sites excluding steroid dienone is 1. The third-order valence-corrected chi connectivity index (χ3v) is 5.57. The highest BCUT2D eigenvalue weighted by Gasteiger charge is 2.24. The first kappa shape index (κ1) is 17.4. The largest absolute Gasteiger partial charge is 0.397 e. The van der Waals surface area contributed by atoms with Gasteiger partial charge >= 0.3 is 0 Å². The molecular weight excluding hydrogens is 352 g/mol. The van der Waals surface area contributed by atoms with Gasteiger partial charge in [-0.15, -0.1) is 0 Å². The van der Waals surface area contributed by atoms with Crippen molar-refractivity contribution < 1.29 is 13.2 Å². The fourth-order valence-corrected chi connectivity index (χ4v) is 4.02. The van der Waals surface area contributed by atoms with Crippen LogP contribution >= 0.6 is 0 Å². The molecule has 0 bridgehead atoms. The van der Waals surface area contributed by atoms with Gasteiger partial charge in [-0.25, -0.2) is 8.42 Å². The minimum Gasteiger partial charge on any atom is -0.397 e. The van der Waals surface area contributed by atoms with Gasteiger partial charge in [-0.05, 0) is 36.4 Å². The normalized spacial score (nSPS) is 13.6. The van der Waals surface area contributed by atoms with Crippen molar-refractivity contribution in [2.45, 2.75) is 9.79 Å². The van der Waals surface area contributed by atoms with E-state index >= 15 is 0 Å². The van der Waals surface area contributed by atoms with Crippen molar-refractivity contribution in [2.24, 2.45) is 10.7 Å². The Labute approximate surface area is 150 Å². The maximum atomic E-state index is 12.9. The van der Waals surface area contributed by atoms with Gasteiger partial charge in [-0.3, -0.25) is 9.79 Å². The van der Waals surface area contributed by atoms with Gasteiger partial charge < -0.3 is 16.4 Å². The summed E-state index contributed by atoms with van der Waals surface area (Å²) in [6, 6.07) is 10.2. The summed E-state index contributed by atoms with van der Waals surface area (Å²) in [5, 5.41) is 0. The standard InChI is InChI=1S/C18H16N4O3S/c19-15-12-13(6-7-16(15)22-10-3-8-21-9-11-22)26(24,25)17-5-2-1-4-14(17)18(20)23/h1-12H,19H2,(H2,20,23). The third-order valence-electron chi connectivity index (χ3n) is 3.76. The molecular formula is C18H16N4O3S. The van der Waals surface area contributed by atoms with Crippen LogP contribution in [0.2, 0.25) is 0 Å².